The van der Waals surface area contributed by atoms with Gasteiger partial charge in [0.05, 0.1) is 0 Å². The minimum Gasteiger partial charge on any atom is -0.316 e. The van der Waals surface area contributed by atoms with Crippen LogP contribution in [0.3, 0.4) is 0 Å². The molecular weight excluding hydrogens is 482 g/mol. The standard InChI is InChI=1S/C10H20.C10H14.C9H19N.C9H18.CH4/c2*1-9(2)8-10-6-4-3-5-7-10;1-8(2)6-9-4-3-5-10-7-9;1-8(2)7-9-5-3-4-6-9;/h9-10H,3-8H2,1-2H3;3-7,9H,8H2,1-2H3;8-10H,3-7H2,1-2H3;8-9H,3-7H2,1-2H3;1H4. The van der Waals surface area contributed by atoms with Gasteiger partial charge in [-0.05, 0) is 98.6 Å². The summed E-state index contributed by atoms with van der Waals surface area (Å²) in [6, 6.07) is 10.6. The Labute approximate surface area is 254 Å². The highest BCUT2D eigenvalue weighted by Crippen LogP contribution is 2.30. The Hall–Kier alpha value is -0.820. The van der Waals surface area contributed by atoms with E-state index >= 15 is 0 Å². The van der Waals surface area contributed by atoms with E-state index < -0.39 is 0 Å². The van der Waals surface area contributed by atoms with Gasteiger partial charge in [0.15, 0.2) is 0 Å². The van der Waals surface area contributed by atoms with Gasteiger partial charge in [-0.15, -0.1) is 0 Å². The fourth-order valence-corrected chi connectivity index (χ4v) is 6.88. The Balaban J connectivity index is 0.000000503. The highest BCUT2D eigenvalue weighted by Gasteiger charge is 2.16. The molecule has 40 heavy (non-hydrogen) atoms. The third kappa shape index (κ3) is 22.8. The van der Waals surface area contributed by atoms with Gasteiger partial charge in [0.25, 0.3) is 0 Å². The van der Waals surface area contributed by atoms with E-state index in [4.69, 9.17) is 0 Å². The van der Waals surface area contributed by atoms with Gasteiger partial charge < -0.3 is 5.32 Å². The molecule has 1 heteroatoms. The fraction of sp³-hybridized carbons (Fsp3) is 0.846. The van der Waals surface area contributed by atoms with Crippen LogP contribution in [0.2, 0.25) is 0 Å². The molecule has 0 aromatic heterocycles. The number of piperidine rings is 1. The summed E-state index contributed by atoms with van der Waals surface area (Å²) in [5.74, 6) is 6.62. The molecule has 4 rings (SSSR count). The van der Waals surface area contributed by atoms with Crippen LogP contribution in [0.25, 0.3) is 0 Å². The van der Waals surface area contributed by atoms with E-state index in [9.17, 15) is 0 Å². The van der Waals surface area contributed by atoms with Gasteiger partial charge >= 0.3 is 0 Å². The van der Waals surface area contributed by atoms with Crippen molar-refractivity contribution in [2.24, 2.45) is 41.4 Å². The predicted octanol–water partition coefficient (Wildman–Crippen LogP) is 12.4. The Morgan fingerprint density at radius 3 is 1.38 bits per heavy atom. The number of nitrogens with one attached hydrogen (secondary N) is 1. The molecular formula is C39H75N. The third-order valence-electron chi connectivity index (χ3n) is 8.50. The first-order valence-electron chi connectivity index (χ1n) is 17.4. The summed E-state index contributed by atoms with van der Waals surface area (Å²) in [7, 11) is 0. The summed E-state index contributed by atoms with van der Waals surface area (Å²) in [6.45, 7) is 21.0. The highest BCUT2D eigenvalue weighted by molar-refractivity contribution is 5.14. The maximum atomic E-state index is 3.44. The molecule has 1 nitrogen and oxygen atoms in total. The summed E-state index contributed by atoms with van der Waals surface area (Å²) in [6.07, 6.45) is 21.9. The first-order valence-corrected chi connectivity index (χ1v) is 17.4. The van der Waals surface area contributed by atoms with Crippen molar-refractivity contribution in [1.82, 2.24) is 5.32 Å². The van der Waals surface area contributed by atoms with E-state index in [0.717, 1.165) is 41.4 Å². The lowest BCUT2D eigenvalue weighted by Crippen LogP contribution is -2.30. The molecule has 0 radical (unpaired) electrons. The molecule has 0 amide bonds. The van der Waals surface area contributed by atoms with E-state index in [-0.39, 0.29) is 7.43 Å². The number of benzene rings is 1. The summed E-state index contributed by atoms with van der Waals surface area (Å²) in [4.78, 5) is 0. The lowest BCUT2D eigenvalue weighted by molar-refractivity contribution is 0.305. The minimum atomic E-state index is 0. The van der Waals surface area contributed by atoms with E-state index in [1.165, 1.54) is 115 Å². The Kier molecular flexibility index (Phi) is 24.2. The third-order valence-corrected chi connectivity index (χ3v) is 8.50. The zero-order valence-electron chi connectivity index (χ0n) is 27.9. The second-order valence-corrected chi connectivity index (χ2v) is 14.8. The van der Waals surface area contributed by atoms with E-state index in [2.05, 4.69) is 91.0 Å². The van der Waals surface area contributed by atoms with Gasteiger partial charge in [-0.1, -0.05) is 151 Å². The normalized spacial score (nSPS) is 19.8. The molecule has 2 aliphatic carbocycles. The van der Waals surface area contributed by atoms with Crippen LogP contribution >= 0.6 is 0 Å². The average molecular weight is 558 g/mol. The molecule has 236 valence electrons. The van der Waals surface area contributed by atoms with Crippen LogP contribution in [-0.4, -0.2) is 13.1 Å². The molecule has 1 atom stereocenters. The quantitative estimate of drug-likeness (QED) is 0.335. The molecule has 1 aliphatic heterocycles. The van der Waals surface area contributed by atoms with Gasteiger partial charge in [-0.3, -0.25) is 0 Å². The van der Waals surface area contributed by atoms with E-state index in [0.29, 0.717) is 0 Å². The summed E-state index contributed by atoms with van der Waals surface area (Å²) in [5, 5.41) is 3.44. The molecule has 0 bridgehead atoms. The molecule has 2 saturated carbocycles. The second kappa shape index (κ2) is 24.7. The van der Waals surface area contributed by atoms with Crippen molar-refractivity contribution in [2.45, 2.75) is 159 Å². The van der Waals surface area contributed by atoms with Crippen molar-refractivity contribution >= 4 is 0 Å². The van der Waals surface area contributed by atoms with Crippen molar-refractivity contribution in [3.8, 4) is 0 Å². The van der Waals surface area contributed by atoms with E-state index in [1.54, 1.807) is 0 Å². The van der Waals surface area contributed by atoms with Gasteiger partial charge in [-0.2, -0.15) is 0 Å². The Bertz CT molecular complexity index is 604. The van der Waals surface area contributed by atoms with Gasteiger partial charge in [0.1, 0.15) is 0 Å². The second-order valence-electron chi connectivity index (χ2n) is 14.8. The number of hydrogen-bond donors (Lipinski definition) is 1. The maximum Gasteiger partial charge on any atom is -0.00204 e. The van der Waals surface area contributed by atoms with Crippen molar-refractivity contribution in [3.05, 3.63) is 35.9 Å². The molecule has 1 heterocycles. The smallest absolute Gasteiger partial charge is 0.00204 e. The molecule has 3 aliphatic rings. The van der Waals surface area contributed by atoms with Crippen LogP contribution in [0.4, 0.5) is 0 Å². The molecule has 3 fully saturated rings. The first kappa shape index (κ1) is 39.2. The number of hydrogen-bond acceptors (Lipinski definition) is 1. The van der Waals surface area contributed by atoms with Crippen LogP contribution in [-0.2, 0) is 6.42 Å². The lowest BCUT2D eigenvalue weighted by Gasteiger charge is -2.23. The molecule has 1 aromatic rings. The summed E-state index contributed by atoms with van der Waals surface area (Å²) in [5.41, 5.74) is 1.44. The molecule has 1 aromatic carbocycles. The Morgan fingerprint density at radius 1 is 0.550 bits per heavy atom. The van der Waals surface area contributed by atoms with Crippen molar-refractivity contribution in [3.63, 3.8) is 0 Å². The molecule has 1 N–H and O–H groups in total. The summed E-state index contributed by atoms with van der Waals surface area (Å²) >= 11 is 0. The SMILES string of the molecule is C.CC(C)CC1CCCC1.CC(C)CC1CCCCC1.CC(C)CC1CCCNC1.CC(C)Cc1ccccc1. The molecule has 1 unspecified atom stereocenters. The zero-order valence-corrected chi connectivity index (χ0v) is 27.9. The Morgan fingerprint density at radius 2 is 0.975 bits per heavy atom. The topological polar surface area (TPSA) is 12.0 Å². The van der Waals surface area contributed by atoms with Crippen LogP contribution in [0.5, 0.6) is 0 Å². The van der Waals surface area contributed by atoms with Crippen LogP contribution in [0.15, 0.2) is 30.3 Å². The lowest BCUT2D eigenvalue weighted by atomic mass is 9.84. The predicted molar refractivity (Wildman–Crippen MR) is 184 cm³/mol. The van der Waals surface area contributed by atoms with Gasteiger partial charge in [0.2, 0.25) is 0 Å². The van der Waals surface area contributed by atoms with Crippen LogP contribution in [0, 0.1) is 41.4 Å². The largest absolute Gasteiger partial charge is 0.316 e. The number of rotatable bonds is 8. The van der Waals surface area contributed by atoms with Crippen molar-refractivity contribution in [2.75, 3.05) is 13.1 Å². The zero-order chi connectivity index (χ0) is 28.9. The van der Waals surface area contributed by atoms with Crippen LogP contribution < -0.4 is 5.32 Å². The fourth-order valence-electron chi connectivity index (χ4n) is 6.88. The maximum absolute atomic E-state index is 3.44. The first-order chi connectivity index (χ1) is 18.7. The van der Waals surface area contributed by atoms with Crippen molar-refractivity contribution < 1.29 is 0 Å². The highest BCUT2D eigenvalue weighted by atomic mass is 14.9. The molecule has 0 spiro atoms. The van der Waals surface area contributed by atoms with E-state index in [1.807, 2.05) is 0 Å². The van der Waals surface area contributed by atoms with Gasteiger partial charge in [-0.25, -0.2) is 0 Å². The van der Waals surface area contributed by atoms with Gasteiger partial charge in [0, 0.05) is 0 Å². The van der Waals surface area contributed by atoms with Crippen LogP contribution in [0.1, 0.15) is 158 Å². The molecule has 1 saturated heterocycles. The summed E-state index contributed by atoms with van der Waals surface area (Å²) < 4.78 is 0. The average Bonchev–Trinajstić information content (AvgIpc) is 3.38. The van der Waals surface area contributed by atoms with Crippen molar-refractivity contribution in [1.29, 1.82) is 0 Å². The minimum absolute atomic E-state index is 0. The monoisotopic (exact) mass is 558 g/mol.